The van der Waals surface area contributed by atoms with Crippen molar-refractivity contribution < 1.29 is 57.3 Å². The van der Waals surface area contributed by atoms with Gasteiger partial charge in [-0.2, -0.15) is 0 Å². The second-order valence-electron chi connectivity index (χ2n) is 18.1. The third-order valence-electron chi connectivity index (χ3n) is 14.6. The van der Waals surface area contributed by atoms with Gasteiger partial charge in [0.05, 0.1) is 43.5 Å². The standard InChI is InChI=1S/C44H74N2O12/c1-11-26-13-12-14-34(58-36-16-15-33(46(5)6)24(3)54-36)23(2)39(48)32-21-29-28-19-27(57-44-43(53-10)42(52-9)41(51-8)25(4)55-44)20-31(28)38(45-17-18-50-7)40(49)37(29)30(32)22-35(47)56-26/h21,23-31,33-34,36-38,40-45,49H,11-20,22H2,1-10H3/t23-,24?,25?,26+,27+,28+,29+,30-,31-,33+,34+,36+,37-,38+,40+,41+,42?,43?,44+/m1/s1. The number of methoxy groups -OCH3 is 4. The molecule has 3 aliphatic carbocycles. The number of hydrogen-bond donors (Lipinski definition) is 2. The number of aliphatic hydroxyl groups is 1. The molecule has 14 heteroatoms. The number of nitrogens with one attached hydrogen (secondary N) is 1. The van der Waals surface area contributed by atoms with Gasteiger partial charge in [-0.3, -0.25) is 9.59 Å². The fourth-order valence-electron chi connectivity index (χ4n) is 11.6. The van der Waals surface area contributed by atoms with Gasteiger partial charge in [-0.05, 0) is 103 Å². The zero-order chi connectivity index (χ0) is 41.8. The summed E-state index contributed by atoms with van der Waals surface area (Å²) in [7, 11) is 10.7. The number of aliphatic hydroxyl groups excluding tert-OH is 1. The average Bonchev–Trinajstić information content (AvgIpc) is 3.78. The van der Waals surface area contributed by atoms with Crippen molar-refractivity contribution in [2.75, 3.05) is 55.7 Å². The molecule has 6 aliphatic rings. The Morgan fingerprint density at radius 3 is 2.26 bits per heavy atom. The Hall–Kier alpha value is -1.56. The molecule has 0 bridgehead atoms. The zero-order valence-electron chi connectivity index (χ0n) is 36.7. The highest BCUT2D eigenvalue weighted by atomic mass is 16.7. The van der Waals surface area contributed by atoms with E-state index in [0.29, 0.717) is 56.9 Å². The highest BCUT2D eigenvalue weighted by molar-refractivity contribution is 5.99. The molecule has 3 heterocycles. The van der Waals surface area contributed by atoms with E-state index < -0.39 is 42.7 Å². The van der Waals surface area contributed by atoms with Gasteiger partial charge >= 0.3 is 5.97 Å². The van der Waals surface area contributed by atoms with E-state index in [1.54, 1.807) is 28.4 Å². The monoisotopic (exact) mass is 823 g/mol. The van der Waals surface area contributed by atoms with Crippen LogP contribution < -0.4 is 5.32 Å². The van der Waals surface area contributed by atoms with Gasteiger partial charge in [-0.25, -0.2) is 0 Å². The fourth-order valence-corrected chi connectivity index (χ4v) is 11.6. The molecule has 3 aliphatic heterocycles. The smallest absolute Gasteiger partial charge is 0.306 e. The van der Waals surface area contributed by atoms with Crippen molar-refractivity contribution in [1.82, 2.24) is 10.2 Å². The summed E-state index contributed by atoms with van der Waals surface area (Å²) in [5.74, 6) is -1.75. The number of hydrogen-bond acceptors (Lipinski definition) is 14. The molecule has 3 saturated heterocycles. The minimum atomic E-state index is -0.835. The number of carbonyl (C=O) groups is 2. The topological polar surface area (TPSA) is 153 Å². The summed E-state index contributed by atoms with van der Waals surface area (Å²) >= 11 is 0. The van der Waals surface area contributed by atoms with E-state index in [2.05, 4.69) is 37.3 Å². The van der Waals surface area contributed by atoms with Gasteiger partial charge in [0.15, 0.2) is 18.4 Å². The van der Waals surface area contributed by atoms with Crippen LogP contribution in [-0.2, 0) is 52.2 Å². The lowest BCUT2D eigenvalue weighted by molar-refractivity contribution is -0.314. The van der Waals surface area contributed by atoms with Gasteiger partial charge in [0.2, 0.25) is 0 Å². The summed E-state index contributed by atoms with van der Waals surface area (Å²) in [6.07, 6.45) is 3.72. The van der Waals surface area contributed by atoms with Crippen molar-refractivity contribution in [2.45, 2.75) is 165 Å². The molecule has 5 fully saturated rings. The molecule has 6 rings (SSSR count). The number of allylic oxidation sites excluding steroid dienone is 2. The predicted molar refractivity (Wildman–Crippen MR) is 215 cm³/mol. The third-order valence-corrected chi connectivity index (χ3v) is 14.6. The number of carbonyl (C=O) groups excluding carboxylic acids is 2. The van der Waals surface area contributed by atoms with Crippen molar-refractivity contribution in [3.05, 3.63) is 11.6 Å². The zero-order valence-corrected chi connectivity index (χ0v) is 36.7. The van der Waals surface area contributed by atoms with Crippen LogP contribution in [0, 0.1) is 35.5 Å². The highest BCUT2D eigenvalue weighted by Gasteiger charge is 2.59. The molecular formula is C44H74N2O12. The van der Waals surface area contributed by atoms with Crippen LogP contribution in [0.5, 0.6) is 0 Å². The largest absolute Gasteiger partial charge is 0.462 e. The summed E-state index contributed by atoms with van der Waals surface area (Å²) in [4.78, 5) is 31.0. The van der Waals surface area contributed by atoms with Crippen LogP contribution in [0.3, 0.4) is 0 Å². The molecule has 0 amide bonds. The first kappa shape index (κ1) is 46.0. The van der Waals surface area contributed by atoms with Gasteiger partial charge in [0, 0.05) is 64.8 Å². The summed E-state index contributed by atoms with van der Waals surface area (Å²) in [6.45, 7) is 9.07. The Balaban J connectivity index is 1.29. The van der Waals surface area contributed by atoms with Crippen molar-refractivity contribution >= 4 is 11.8 Å². The molecule has 4 unspecified atom stereocenters. The molecule has 58 heavy (non-hydrogen) atoms. The molecule has 2 N–H and O–H groups in total. The molecule has 0 radical (unpaired) electrons. The lowest BCUT2D eigenvalue weighted by Crippen LogP contribution is -2.59. The Morgan fingerprint density at radius 2 is 1.60 bits per heavy atom. The molecule has 14 nitrogen and oxygen atoms in total. The number of fused-ring (bicyclic) bond motifs is 5. The lowest BCUT2D eigenvalue weighted by atomic mass is 9.62. The summed E-state index contributed by atoms with van der Waals surface area (Å²) in [5, 5.41) is 16.1. The molecule has 332 valence electrons. The minimum Gasteiger partial charge on any atom is -0.462 e. The molecule has 0 aromatic rings. The van der Waals surface area contributed by atoms with Crippen LogP contribution in [0.1, 0.15) is 85.5 Å². The molecule has 0 aromatic heterocycles. The van der Waals surface area contributed by atoms with Crippen molar-refractivity contribution in [1.29, 1.82) is 0 Å². The van der Waals surface area contributed by atoms with Crippen molar-refractivity contribution in [3.63, 3.8) is 0 Å². The molecular weight excluding hydrogens is 748 g/mol. The van der Waals surface area contributed by atoms with Crippen LogP contribution in [-0.4, -0.2) is 157 Å². The maximum Gasteiger partial charge on any atom is 0.306 e. The van der Waals surface area contributed by atoms with E-state index in [0.717, 1.165) is 19.3 Å². The lowest BCUT2D eigenvalue weighted by Gasteiger charge is -2.47. The normalized spacial score (nSPS) is 45.1. The maximum absolute atomic E-state index is 15.0. The fraction of sp³-hybridized carbons (Fsp3) is 0.909. The van der Waals surface area contributed by atoms with E-state index in [-0.39, 0.29) is 84.5 Å². The quantitative estimate of drug-likeness (QED) is 0.204. The van der Waals surface area contributed by atoms with Crippen LogP contribution in [0.25, 0.3) is 0 Å². The number of ether oxygens (including phenoxy) is 9. The van der Waals surface area contributed by atoms with Crippen LogP contribution in [0.15, 0.2) is 11.6 Å². The number of cyclic esters (lactones) is 1. The molecule has 0 aromatic carbocycles. The first-order valence-electron chi connectivity index (χ1n) is 22.1. The van der Waals surface area contributed by atoms with E-state index in [1.807, 2.05) is 20.8 Å². The third kappa shape index (κ3) is 9.72. The Labute approximate surface area is 346 Å². The van der Waals surface area contributed by atoms with E-state index in [9.17, 15) is 14.7 Å². The average molecular weight is 823 g/mol. The van der Waals surface area contributed by atoms with Crippen LogP contribution in [0.4, 0.5) is 0 Å². The number of ketones is 1. The van der Waals surface area contributed by atoms with E-state index in [4.69, 9.17) is 42.6 Å². The Kier molecular flexibility index (Phi) is 16.3. The van der Waals surface area contributed by atoms with Crippen molar-refractivity contribution in [3.8, 4) is 0 Å². The van der Waals surface area contributed by atoms with E-state index in [1.165, 1.54) is 0 Å². The molecule has 19 atom stereocenters. The summed E-state index contributed by atoms with van der Waals surface area (Å²) in [6, 6.07) is -0.00495. The number of Topliss-reactive ketones (excluding diaryl/α,β-unsaturated/α-hetero) is 1. The van der Waals surface area contributed by atoms with E-state index >= 15 is 0 Å². The van der Waals surface area contributed by atoms with Gasteiger partial charge in [0.1, 0.15) is 24.4 Å². The highest BCUT2D eigenvalue weighted by Crippen LogP contribution is 2.57. The van der Waals surface area contributed by atoms with Crippen molar-refractivity contribution in [2.24, 2.45) is 35.5 Å². The first-order chi connectivity index (χ1) is 27.8. The number of rotatable bonds is 13. The first-order valence-corrected chi connectivity index (χ1v) is 22.1. The van der Waals surface area contributed by atoms with Gasteiger partial charge in [-0.1, -0.05) is 19.9 Å². The number of likely N-dealkylation sites (N-methyl/N-ethyl adjacent to an activating group) is 1. The second kappa shape index (κ2) is 20.5. The summed E-state index contributed by atoms with van der Waals surface area (Å²) < 4.78 is 55.4. The van der Waals surface area contributed by atoms with Crippen LogP contribution in [0.2, 0.25) is 0 Å². The van der Waals surface area contributed by atoms with Crippen LogP contribution >= 0.6 is 0 Å². The number of esters is 1. The maximum atomic E-state index is 15.0. The van der Waals surface area contributed by atoms with Gasteiger partial charge in [-0.15, -0.1) is 0 Å². The SMILES string of the molecule is CC[C@H]1CCC[C@H](O[C@H]2CC[C@H](N(C)C)C(C)O2)[C@@H](C)C(=O)C2=C[C@H]3[C@@H]4C[C@H](O[C@@H]5OC(C)[C@H](OC)C(OC)C5OC)C[C@H]4[C@H](NCCOC)[C@@H](O)[C@H]3[C@@H]2CC(=O)O1. The molecule has 2 saturated carbocycles. The second-order valence-corrected chi connectivity index (χ2v) is 18.1. The van der Waals surface area contributed by atoms with Gasteiger partial charge in [0.25, 0.3) is 0 Å². The predicted octanol–water partition coefficient (Wildman–Crippen LogP) is 3.90. The van der Waals surface area contributed by atoms with Gasteiger partial charge < -0.3 is 58.0 Å². The number of nitrogens with zero attached hydrogens (tertiary/aromatic N) is 1. The Bertz CT molecular complexity index is 1380. The summed E-state index contributed by atoms with van der Waals surface area (Å²) in [5.41, 5.74) is 0.615. The minimum absolute atomic E-state index is 0.00355. The molecule has 0 spiro atoms. The Morgan fingerprint density at radius 1 is 0.879 bits per heavy atom.